The summed E-state index contributed by atoms with van der Waals surface area (Å²) in [6, 6.07) is 15.0. The van der Waals surface area contributed by atoms with E-state index in [1.807, 2.05) is 48.7 Å². The van der Waals surface area contributed by atoms with E-state index in [1.165, 1.54) is 32.4 Å². The lowest BCUT2D eigenvalue weighted by Crippen LogP contribution is -2.46. The number of nitrogens with zero attached hydrogens (tertiary/aromatic N) is 2. The Morgan fingerprint density at radius 1 is 0.917 bits per heavy atom. The fourth-order valence-electron chi connectivity index (χ4n) is 3.49. The van der Waals surface area contributed by atoms with Gasteiger partial charge in [0, 0.05) is 30.9 Å². The van der Waals surface area contributed by atoms with Crippen LogP contribution >= 0.6 is 0 Å². The van der Waals surface area contributed by atoms with Crippen molar-refractivity contribution in [3.63, 3.8) is 0 Å². The average molecular weight is 323 g/mol. The highest BCUT2D eigenvalue weighted by Crippen LogP contribution is 2.28. The van der Waals surface area contributed by atoms with Crippen molar-refractivity contribution >= 4 is 11.4 Å². The lowest BCUT2D eigenvalue weighted by Gasteiger charge is -2.41. The number of para-hydroxylation sites is 1. The maximum Gasteiger partial charge on any atom is 0.213 e. The van der Waals surface area contributed by atoms with E-state index in [0.717, 1.165) is 36.1 Å². The van der Waals surface area contributed by atoms with Gasteiger partial charge >= 0.3 is 0 Å². The third kappa shape index (κ3) is 3.70. The van der Waals surface area contributed by atoms with Gasteiger partial charge in [-0.1, -0.05) is 24.6 Å². The Bertz CT molecular complexity index is 632. The van der Waals surface area contributed by atoms with Gasteiger partial charge in [-0.15, -0.1) is 0 Å². The zero-order chi connectivity index (χ0) is 16.2. The second-order valence-electron chi connectivity index (χ2n) is 6.81. The summed E-state index contributed by atoms with van der Waals surface area (Å²) in [6.45, 7) is 2.34. The van der Waals surface area contributed by atoms with Gasteiger partial charge in [-0.3, -0.25) is 0 Å². The van der Waals surface area contributed by atoms with Gasteiger partial charge in [0.2, 0.25) is 5.88 Å². The van der Waals surface area contributed by atoms with Gasteiger partial charge < -0.3 is 15.0 Å². The van der Waals surface area contributed by atoms with E-state index in [0.29, 0.717) is 6.10 Å². The molecule has 0 unspecified atom stereocenters. The molecule has 2 aliphatic rings. The Kier molecular flexibility index (Phi) is 4.65. The molecule has 2 heterocycles. The fraction of sp³-hybridized carbons (Fsp3) is 0.450. The van der Waals surface area contributed by atoms with Crippen molar-refractivity contribution < 1.29 is 4.74 Å². The van der Waals surface area contributed by atoms with Crippen molar-refractivity contribution in [2.24, 2.45) is 0 Å². The summed E-state index contributed by atoms with van der Waals surface area (Å²) >= 11 is 0. The van der Waals surface area contributed by atoms with Crippen molar-refractivity contribution in [3.8, 4) is 5.88 Å². The van der Waals surface area contributed by atoms with Crippen LogP contribution in [0.5, 0.6) is 5.88 Å². The number of anilines is 2. The molecule has 1 aromatic carbocycles. The Balaban J connectivity index is 1.28. The predicted molar refractivity (Wildman–Crippen MR) is 96.8 cm³/mol. The van der Waals surface area contributed by atoms with Crippen molar-refractivity contribution in [1.82, 2.24) is 9.88 Å². The molecule has 24 heavy (non-hydrogen) atoms. The highest BCUT2D eigenvalue weighted by molar-refractivity contribution is 5.58. The maximum atomic E-state index is 6.07. The summed E-state index contributed by atoms with van der Waals surface area (Å²) in [4.78, 5) is 7.09. The molecule has 1 aliphatic heterocycles. The molecule has 0 radical (unpaired) electrons. The summed E-state index contributed by atoms with van der Waals surface area (Å²) in [5, 5.41) is 3.34. The molecule has 1 aliphatic carbocycles. The lowest BCUT2D eigenvalue weighted by atomic mass is 9.90. The maximum absolute atomic E-state index is 6.07. The number of ether oxygens (including phenoxy) is 1. The molecule has 126 valence electrons. The minimum atomic E-state index is 0.307. The van der Waals surface area contributed by atoms with Crippen LogP contribution in [0.25, 0.3) is 0 Å². The van der Waals surface area contributed by atoms with Crippen LogP contribution in [0.2, 0.25) is 0 Å². The van der Waals surface area contributed by atoms with Crippen LogP contribution in [0.4, 0.5) is 11.4 Å². The zero-order valence-corrected chi connectivity index (χ0v) is 14.0. The molecule has 1 saturated heterocycles. The first kappa shape index (κ1) is 15.5. The molecule has 1 N–H and O–H groups in total. The standard InChI is InChI=1S/C20H25N3O/c1-2-5-16(6-3-1)22-17-9-10-20(21-15-17)24-19-11-13-23(14-12-19)18-7-4-8-18/h1-3,5-6,9-10,15,18-19,22H,4,7-8,11-14H2. The first-order valence-corrected chi connectivity index (χ1v) is 9.06. The summed E-state index contributed by atoms with van der Waals surface area (Å²) < 4.78 is 6.07. The highest BCUT2D eigenvalue weighted by atomic mass is 16.5. The van der Waals surface area contributed by atoms with E-state index in [2.05, 4.69) is 15.2 Å². The molecule has 0 amide bonds. The summed E-state index contributed by atoms with van der Waals surface area (Å²) in [5.74, 6) is 0.732. The van der Waals surface area contributed by atoms with Crippen LogP contribution in [0.3, 0.4) is 0 Å². The van der Waals surface area contributed by atoms with E-state index >= 15 is 0 Å². The molecule has 4 heteroatoms. The predicted octanol–water partition coefficient (Wildman–Crippen LogP) is 4.22. The topological polar surface area (TPSA) is 37.4 Å². The van der Waals surface area contributed by atoms with Crippen molar-refractivity contribution in [2.75, 3.05) is 18.4 Å². The van der Waals surface area contributed by atoms with Gasteiger partial charge in [-0.2, -0.15) is 0 Å². The third-order valence-electron chi connectivity index (χ3n) is 5.15. The van der Waals surface area contributed by atoms with Crippen LogP contribution in [-0.4, -0.2) is 35.1 Å². The molecule has 0 atom stereocenters. The lowest BCUT2D eigenvalue weighted by molar-refractivity contribution is 0.0475. The average Bonchev–Trinajstić information content (AvgIpc) is 2.58. The smallest absolute Gasteiger partial charge is 0.213 e. The second kappa shape index (κ2) is 7.22. The molecular formula is C20H25N3O. The van der Waals surface area contributed by atoms with Crippen LogP contribution in [-0.2, 0) is 0 Å². The minimum absolute atomic E-state index is 0.307. The second-order valence-corrected chi connectivity index (χ2v) is 6.81. The number of hydrogen-bond donors (Lipinski definition) is 1. The summed E-state index contributed by atoms with van der Waals surface area (Å²) in [6.07, 6.45) is 8.57. The Morgan fingerprint density at radius 3 is 2.33 bits per heavy atom. The van der Waals surface area contributed by atoms with E-state index < -0.39 is 0 Å². The SMILES string of the molecule is c1ccc(Nc2ccc(OC3CCN(C4CCC4)CC3)nc2)cc1. The number of likely N-dealkylation sites (tertiary alicyclic amines) is 1. The number of aromatic nitrogens is 1. The van der Waals surface area contributed by atoms with E-state index in [-0.39, 0.29) is 0 Å². The van der Waals surface area contributed by atoms with Crippen molar-refractivity contribution in [3.05, 3.63) is 48.7 Å². The number of benzene rings is 1. The molecule has 4 nitrogen and oxygen atoms in total. The summed E-state index contributed by atoms with van der Waals surface area (Å²) in [7, 11) is 0. The van der Waals surface area contributed by atoms with Gasteiger partial charge in [0.25, 0.3) is 0 Å². The molecule has 1 saturated carbocycles. The molecule has 0 spiro atoms. The van der Waals surface area contributed by atoms with Crippen LogP contribution < -0.4 is 10.1 Å². The minimum Gasteiger partial charge on any atom is -0.474 e. The Hall–Kier alpha value is -2.07. The van der Waals surface area contributed by atoms with Crippen LogP contribution in [0.1, 0.15) is 32.1 Å². The molecule has 2 aromatic rings. The van der Waals surface area contributed by atoms with Gasteiger partial charge in [-0.25, -0.2) is 4.98 Å². The van der Waals surface area contributed by atoms with E-state index in [9.17, 15) is 0 Å². The van der Waals surface area contributed by atoms with Gasteiger partial charge in [-0.05, 0) is 43.9 Å². The van der Waals surface area contributed by atoms with Crippen molar-refractivity contribution in [1.29, 1.82) is 0 Å². The number of hydrogen-bond acceptors (Lipinski definition) is 4. The van der Waals surface area contributed by atoms with E-state index in [1.54, 1.807) is 0 Å². The van der Waals surface area contributed by atoms with Gasteiger partial charge in [0.1, 0.15) is 6.10 Å². The van der Waals surface area contributed by atoms with Crippen LogP contribution in [0.15, 0.2) is 48.7 Å². The third-order valence-corrected chi connectivity index (χ3v) is 5.15. The van der Waals surface area contributed by atoms with Crippen molar-refractivity contribution in [2.45, 2.75) is 44.2 Å². The number of rotatable bonds is 5. The molecular weight excluding hydrogens is 298 g/mol. The number of nitrogens with one attached hydrogen (secondary N) is 1. The largest absolute Gasteiger partial charge is 0.474 e. The summed E-state index contributed by atoms with van der Waals surface area (Å²) in [5.41, 5.74) is 2.05. The van der Waals surface area contributed by atoms with Crippen LogP contribution in [0, 0.1) is 0 Å². The Morgan fingerprint density at radius 2 is 1.71 bits per heavy atom. The Labute approximate surface area is 143 Å². The van der Waals surface area contributed by atoms with Gasteiger partial charge in [0.05, 0.1) is 11.9 Å². The van der Waals surface area contributed by atoms with E-state index in [4.69, 9.17) is 4.74 Å². The normalized spacial score (nSPS) is 19.7. The molecule has 4 rings (SSSR count). The molecule has 2 fully saturated rings. The quantitative estimate of drug-likeness (QED) is 0.894. The monoisotopic (exact) mass is 323 g/mol. The molecule has 1 aromatic heterocycles. The first-order valence-electron chi connectivity index (χ1n) is 9.06. The highest BCUT2D eigenvalue weighted by Gasteiger charge is 2.29. The number of piperidine rings is 1. The molecule has 0 bridgehead atoms. The number of pyridine rings is 1. The fourth-order valence-corrected chi connectivity index (χ4v) is 3.49. The van der Waals surface area contributed by atoms with Gasteiger partial charge in [0.15, 0.2) is 0 Å². The first-order chi connectivity index (χ1) is 11.9. The zero-order valence-electron chi connectivity index (χ0n) is 14.0.